The molecule has 3 N–H and O–H groups in total. The van der Waals surface area contributed by atoms with E-state index in [2.05, 4.69) is 19.2 Å². The van der Waals surface area contributed by atoms with E-state index in [0.29, 0.717) is 12.5 Å². The van der Waals surface area contributed by atoms with Crippen LogP contribution >= 0.6 is 0 Å². The summed E-state index contributed by atoms with van der Waals surface area (Å²) in [5.41, 5.74) is 5.39. The smallest absolute Gasteiger partial charge is 0.227 e. The Bertz CT molecular complexity index is 359. The fourth-order valence-corrected chi connectivity index (χ4v) is 3.23. The number of hydrogen-bond donors (Lipinski definition) is 2. The first kappa shape index (κ1) is 14.3. The topological polar surface area (TPSA) is 75.4 Å². The van der Waals surface area contributed by atoms with E-state index in [9.17, 15) is 9.59 Å². The van der Waals surface area contributed by atoms with Crippen molar-refractivity contribution in [1.29, 1.82) is 0 Å². The maximum atomic E-state index is 12.6. The minimum atomic E-state index is -0.278. The highest BCUT2D eigenvalue weighted by atomic mass is 16.2. The molecule has 2 rings (SSSR count). The first-order valence-electron chi connectivity index (χ1n) is 7.29. The molecule has 5 heteroatoms. The minimum absolute atomic E-state index is 0.0535. The van der Waals surface area contributed by atoms with Crippen LogP contribution in [0.25, 0.3) is 0 Å². The zero-order chi connectivity index (χ0) is 14.0. The summed E-state index contributed by atoms with van der Waals surface area (Å²) in [5, 5.41) is 3.31. The van der Waals surface area contributed by atoms with E-state index in [4.69, 9.17) is 5.73 Å². The van der Waals surface area contributed by atoms with E-state index in [1.807, 2.05) is 4.90 Å². The number of carbonyl (C=O) groups excluding carboxylic acids is 2. The first-order valence-corrected chi connectivity index (χ1v) is 7.29. The average Bonchev–Trinajstić information content (AvgIpc) is 2.38. The third kappa shape index (κ3) is 3.26. The Balaban J connectivity index is 2.01. The van der Waals surface area contributed by atoms with E-state index in [0.717, 1.165) is 32.4 Å². The van der Waals surface area contributed by atoms with E-state index in [1.54, 1.807) is 0 Å². The zero-order valence-electron chi connectivity index (χ0n) is 11.9. The number of rotatable bonds is 2. The molecule has 2 aliphatic rings. The lowest BCUT2D eigenvalue weighted by Crippen LogP contribution is -2.53. The molecule has 0 saturated carbocycles. The van der Waals surface area contributed by atoms with Crippen LogP contribution in [0.1, 0.15) is 33.1 Å². The second-order valence-corrected chi connectivity index (χ2v) is 6.21. The molecule has 4 unspecified atom stereocenters. The van der Waals surface area contributed by atoms with Crippen molar-refractivity contribution in [3.63, 3.8) is 0 Å². The second-order valence-electron chi connectivity index (χ2n) is 6.21. The average molecular weight is 267 g/mol. The summed E-state index contributed by atoms with van der Waals surface area (Å²) in [6.07, 6.45) is 2.62. The Kier molecular flexibility index (Phi) is 4.45. The van der Waals surface area contributed by atoms with Crippen molar-refractivity contribution >= 4 is 11.8 Å². The molecule has 0 aliphatic carbocycles. The highest BCUT2D eigenvalue weighted by Crippen LogP contribution is 2.26. The van der Waals surface area contributed by atoms with Gasteiger partial charge in [-0.05, 0) is 38.6 Å². The molecule has 2 aliphatic heterocycles. The molecule has 5 nitrogen and oxygen atoms in total. The fourth-order valence-electron chi connectivity index (χ4n) is 3.23. The Morgan fingerprint density at radius 1 is 1.16 bits per heavy atom. The van der Waals surface area contributed by atoms with Gasteiger partial charge in [-0.1, -0.05) is 6.92 Å². The predicted octanol–water partition coefficient (Wildman–Crippen LogP) is 0.344. The molecule has 2 amide bonds. The SMILES string of the molecule is CC1CNCC(C(=O)N2CC(C(N)=O)CCC2C)C1. The summed E-state index contributed by atoms with van der Waals surface area (Å²) in [7, 11) is 0. The Labute approximate surface area is 114 Å². The van der Waals surface area contributed by atoms with Crippen LogP contribution in [0.3, 0.4) is 0 Å². The van der Waals surface area contributed by atoms with Crippen LogP contribution in [0.2, 0.25) is 0 Å². The molecule has 2 heterocycles. The highest BCUT2D eigenvalue weighted by Gasteiger charge is 2.35. The highest BCUT2D eigenvalue weighted by molar-refractivity contribution is 5.82. The summed E-state index contributed by atoms with van der Waals surface area (Å²) in [4.78, 5) is 25.8. The number of piperidine rings is 2. The Morgan fingerprint density at radius 3 is 2.53 bits per heavy atom. The summed E-state index contributed by atoms with van der Waals surface area (Å²) < 4.78 is 0. The van der Waals surface area contributed by atoms with Crippen LogP contribution in [0.5, 0.6) is 0 Å². The van der Waals surface area contributed by atoms with E-state index >= 15 is 0 Å². The normalized spacial score (nSPS) is 36.0. The fraction of sp³-hybridized carbons (Fsp3) is 0.857. The molecule has 0 aromatic carbocycles. The van der Waals surface area contributed by atoms with Crippen LogP contribution in [0.15, 0.2) is 0 Å². The van der Waals surface area contributed by atoms with Crippen LogP contribution in [-0.2, 0) is 9.59 Å². The third-order valence-corrected chi connectivity index (χ3v) is 4.49. The van der Waals surface area contributed by atoms with Crippen molar-refractivity contribution in [2.24, 2.45) is 23.5 Å². The molecule has 0 spiro atoms. The largest absolute Gasteiger partial charge is 0.369 e. The second kappa shape index (κ2) is 5.90. The molecule has 19 heavy (non-hydrogen) atoms. The molecule has 2 fully saturated rings. The molecule has 0 aromatic rings. The van der Waals surface area contributed by atoms with Gasteiger partial charge in [-0.2, -0.15) is 0 Å². The number of amides is 2. The standard InChI is InChI=1S/C14H25N3O2/c1-9-5-12(7-16-6-9)14(19)17-8-11(13(15)18)4-3-10(17)2/h9-12,16H,3-8H2,1-2H3,(H2,15,18). The van der Waals surface area contributed by atoms with Gasteiger partial charge in [-0.3, -0.25) is 9.59 Å². The molecule has 0 radical (unpaired) electrons. The number of primary amides is 1. The third-order valence-electron chi connectivity index (χ3n) is 4.49. The van der Waals surface area contributed by atoms with Gasteiger partial charge in [0.1, 0.15) is 0 Å². The van der Waals surface area contributed by atoms with Crippen LogP contribution in [0.4, 0.5) is 0 Å². The number of nitrogens with zero attached hydrogens (tertiary/aromatic N) is 1. The first-order chi connectivity index (χ1) is 8.99. The molecule has 0 aromatic heterocycles. The maximum absolute atomic E-state index is 12.6. The monoisotopic (exact) mass is 267 g/mol. The van der Waals surface area contributed by atoms with Gasteiger partial charge >= 0.3 is 0 Å². The van der Waals surface area contributed by atoms with Gasteiger partial charge in [-0.25, -0.2) is 0 Å². The van der Waals surface area contributed by atoms with Crippen molar-refractivity contribution in [3.8, 4) is 0 Å². The van der Waals surface area contributed by atoms with Crippen LogP contribution in [0, 0.1) is 17.8 Å². The van der Waals surface area contributed by atoms with Crippen LogP contribution < -0.4 is 11.1 Å². The molecular formula is C14H25N3O2. The maximum Gasteiger partial charge on any atom is 0.227 e. The van der Waals surface area contributed by atoms with E-state index < -0.39 is 0 Å². The van der Waals surface area contributed by atoms with Gasteiger partial charge in [-0.15, -0.1) is 0 Å². The van der Waals surface area contributed by atoms with Crippen molar-refractivity contribution in [2.45, 2.75) is 39.2 Å². The van der Waals surface area contributed by atoms with Gasteiger partial charge in [0.05, 0.1) is 11.8 Å². The van der Waals surface area contributed by atoms with Crippen LogP contribution in [-0.4, -0.2) is 42.4 Å². The number of nitrogens with one attached hydrogen (secondary N) is 1. The number of hydrogen-bond acceptors (Lipinski definition) is 3. The lowest BCUT2D eigenvalue weighted by Gasteiger charge is -2.40. The molecular weight excluding hydrogens is 242 g/mol. The Hall–Kier alpha value is -1.10. The van der Waals surface area contributed by atoms with E-state index in [1.165, 1.54) is 0 Å². The summed E-state index contributed by atoms with van der Waals surface area (Å²) >= 11 is 0. The Morgan fingerprint density at radius 2 is 1.89 bits per heavy atom. The van der Waals surface area contributed by atoms with Gasteiger partial charge < -0.3 is 16.0 Å². The predicted molar refractivity (Wildman–Crippen MR) is 73.2 cm³/mol. The summed E-state index contributed by atoms with van der Waals surface area (Å²) in [6.45, 7) is 6.48. The van der Waals surface area contributed by atoms with E-state index in [-0.39, 0.29) is 29.7 Å². The molecule has 2 saturated heterocycles. The summed E-state index contributed by atoms with van der Waals surface area (Å²) in [5.74, 6) is 0.332. The number of likely N-dealkylation sites (tertiary alicyclic amines) is 1. The van der Waals surface area contributed by atoms with Gasteiger partial charge in [0, 0.05) is 19.1 Å². The molecule has 0 bridgehead atoms. The van der Waals surface area contributed by atoms with Crippen molar-refractivity contribution in [2.75, 3.05) is 19.6 Å². The van der Waals surface area contributed by atoms with Crippen molar-refractivity contribution in [1.82, 2.24) is 10.2 Å². The van der Waals surface area contributed by atoms with Crippen molar-refractivity contribution in [3.05, 3.63) is 0 Å². The lowest BCUT2D eigenvalue weighted by atomic mass is 9.87. The molecule has 4 atom stereocenters. The zero-order valence-corrected chi connectivity index (χ0v) is 11.9. The lowest BCUT2D eigenvalue weighted by molar-refractivity contribution is -0.142. The number of nitrogens with two attached hydrogens (primary N) is 1. The van der Waals surface area contributed by atoms with Gasteiger partial charge in [0.15, 0.2) is 0 Å². The van der Waals surface area contributed by atoms with Crippen molar-refractivity contribution < 1.29 is 9.59 Å². The minimum Gasteiger partial charge on any atom is -0.369 e. The summed E-state index contributed by atoms with van der Waals surface area (Å²) in [6, 6.07) is 0.223. The molecule has 108 valence electrons. The number of carbonyl (C=O) groups is 2. The van der Waals surface area contributed by atoms with Gasteiger partial charge in [0.25, 0.3) is 0 Å². The van der Waals surface area contributed by atoms with Gasteiger partial charge in [0.2, 0.25) is 11.8 Å². The quantitative estimate of drug-likeness (QED) is 0.758.